The van der Waals surface area contributed by atoms with Crippen LogP contribution in [0.5, 0.6) is 0 Å². The highest BCUT2D eigenvalue weighted by Crippen LogP contribution is 2.34. The Labute approximate surface area is 115 Å². The lowest BCUT2D eigenvalue weighted by molar-refractivity contribution is -0.0528. The molecule has 2 N–H and O–H groups in total. The number of carboxylic acid groups (broad SMARTS) is 1. The number of ether oxygens (including phenoxy) is 1. The third-order valence-corrected chi connectivity index (χ3v) is 3.73. The summed E-state index contributed by atoms with van der Waals surface area (Å²) in [7, 11) is 0. The number of rotatable bonds is 1. The fourth-order valence-corrected chi connectivity index (χ4v) is 2.82. The molecule has 0 radical (unpaired) electrons. The summed E-state index contributed by atoms with van der Waals surface area (Å²) in [6.07, 6.45) is 0.515. The first kappa shape index (κ1) is 12.9. The maximum absolute atomic E-state index is 13.2. The van der Waals surface area contributed by atoms with E-state index in [-0.39, 0.29) is 18.0 Å². The molecule has 0 aliphatic carbocycles. The second kappa shape index (κ2) is 4.79. The van der Waals surface area contributed by atoms with E-state index in [1.165, 1.54) is 17.0 Å². The molecule has 2 heterocycles. The van der Waals surface area contributed by atoms with Crippen molar-refractivity contribution >= 4 is 17.0 Å². The molecular formula is C14H15FN2O3. The topological polar surface area (TPSA) is 65.6 Å². The van der Waals surface area contributed by atoms with Crippen molar-refractivity contribution in [2.45, 2.75) is 19.1 Å². The molecule has 0 saturated carbocycles. The third kappa shape index (κ3) is 2.02. The minimum atomic E-state index is -0.971. The largest absolute Gasteiger partial charge is 0.465 e. The maximum Gasteiger partial charge on any atom is 0.407 e. The Kier molecular flexibility index (Phi) is 3.10. The lowest BCUT2D eigenvalue weighted by Crippen LogP contribution is -2.46. The minimum Gasteiger partial charge on any atom is -0.465 e. The summed E-state index contributed by atoms with van der Waals surface area (Å²) in [6.45, 7) is 2.57. The molecule has 2 atom stereocenters. The number of halogens is 1. The molecule has 5 nitrogen and oxygen atoms in total. The second-order valence-electron chi connectivity index (χ2n) is 4.93. The van der Waals surface area contributed by atoms with Gasteiger partial charge in [-0.1, -0.05) is 0 Å². The Bertz CT molecular complexity index is 655. The molecule has 0 bridgehead atoms. The van der Waals surface area contributed by atoms with Crippen LogP contribution >= 0.6 is 0 Å². The zero-order valence-corrected chi connectivity index (χ0v) is 11.0. The summed E-state index contributed by atoms with van der Waals surface area (Å²) in [6, 6.07) is 4.05. The number of fused-ring (bicyclic) bond motifs is 1. The number of nitrogens with zero attached hydrogens (tertiary/aromatic N) is 1. The molecule has 1 fully saturated rings. The summed E-state index contributed by atoms with van der Waals surface area (Å²) in [5.74, 6) is -0.325. The van der Waals surface area contributed by atoms with Gasteiger partial charge in [0.25, 0.3) is 0 Å². The molecule has 6 heteroatoms. The average molecular weight is 278 g/mol. The summed E-state index contributed by atoms with van der Waals surface area (Å²) in [5.41, 5.74) is 1.47. The molecule has 1 aliphatic heterocycles. The molecule has 2 unspecified atom stereocenters. The number of H-pyrrole nitrogens is 1. The van der Waals surface area contributed by atoms with Gasteiger partial charge in [0, 0.05) is 29.2 Å². The number of hydrogen-bond donors (Lipinski definition) is 2. The smallest absolute Gasteiger partial charge is 0.407 e. The second-order valence-corrected chi connectivity index (χ2v) is 4.93. The lowest BCUT2D eigenvalue weighted by Gasteiger charge is -2.38. The van der Waals surface area contributed by atoms with E-state index in [1.807, 2.05) is 6.92 Å². The molecule has 1 aromatic carbocycles. The first-order valence-electron chi connectivity index (χ1n) is 6.45. The molecule has 1 amide bonds. The van der Waals surface area contributed by atoms with E-state index in [0.717, 1.165) is 10.9 Å². The van der Waals surface area contributed by atoms with Gasteiger partial charge in [-0.05, 0) is 25.1 Å². The molecule has 1 saturated heterocycles. The van der Waals surface area contributed by atoms with Gasteiger partial charge in [0.15, 0.2) is 0 Å². The molecule has 1 aromatic heterocycles. The van der Waals surface area contributed by atoms with Crippen molar-refractivity contribution in [2.24, 2.45) is 0 Å². The van der Waals surface area contributed by atoms with Crippen LogP contribution in [0.4, 0.5) is 9.18 Å². The summed E-state index contributed by atoms with van der Waals surface area (Å²) >= 11 is 0. The quantitative estimate of drug-likeness (QED) is 0.843. The summed E-state index contributed by atoms with van der Waals surface area (Å²) in [5, 5.41) is 10.2. The van der Waals surface area contributed by atoms with Crippen LogP contribution in [0.25, 0.3) is 10.9 Å². The predicted molar refractivity (Wildman–Crippen MR) is 71.1 cm³/mol. The van der Waals surface area contributed by atoms with Crippen molar-refractivity contribution in [3.8, 4) is 0 Å². The van der Waals surface area contributed by atoms with Gasteiger partial charge in [-0.15, -0.1) is 0 Å². The monoisotopic (exact) mass is 278 g/mol. The minimum absolute atomic E-state index is 0.246. The zero-order valence-electron chi connectivity index (χ0n) is 11.0. The number of carbonyl (C=O) groups is 1. The molecule has 106 valence electrons. The summed E-state index contributed by atoms with van der Waals surface area (Å²) < 4.78 is 18.8. The van der Waals surface area contributed by atoms with Crippen molar-refractivity contribution in [2.75, 3.05) is 13.2 Å². The van der Waals surface area contributed by atoms with Gasteiger partial charge in [-0.2, -0.15) is 0 Å². The van der Waals surface area contributed by atoms with E-state index >= 15 is 0 Å². The number of amides is 1. The molecule has 20 heavy (non-hydrogen) atoms. The number of benzene rings is 1. The zero-order chi connectivity index (χ0) is 14.3. The third-order valence-electron chi connectivity index (χ3n) is 3.73. The van der Waals surface area contributed by atoms with Crippen LogP contribution in [0.15, 0.2) is 24.4 Å². The van der Waals surface area contributed by atoms with Crippen molar-refractivity contribution < 1.29 is 19.0 Å². The van der Waals surface area contributed by atoms with Crippen molar-refractivity contribution in [3.05, 3.63) is 35.8 Å². The van der Waals surface area contributed by atoms with Crippen molar-refractivity contribution in [3.63, 3.8) is 0 Å². The maximum atomic E-state index is 13.2. The van der Waals surface area contributed by atoms with E-state index in [1.54, 1.807) is 12.3 Å². The molecule has 3 rings (SSSR count). The van der Waals surface area contributed by atoms with E-state index in [2.05, 4.69) is 4.98 Å². The number of hydrogen-bond acceptors (Lipinski definition) is 2. The standard InChI is InChI=1S/C14H15FN2O3/c1-8-13(17(14(18)19)4-5-20-8)11-7-16-12-6-9(15)2-3-10(11)12/h2-3,6-8,13,16H,4-5H2,1H3,(H,18,19). The van der Waals surface area contributed by atoms with Crippen LogP contribution in [0.2, 0.25) is 0 Å². The summed E-state index contributed by atoms with van der Waals surface area (Å²) in [4.78, 5) is 15.8. The highest BCUT2D eigenvalue weighted by molar-refractivity contribution is 5.84. The van der Waals surface area contributed by atoms with Gasteiger partial charge in [0.2, 0.25) is 0 Å². The van der Waals surface area contributed by atoms with Gasteiger partial charge in [-0.3, -0.25) is 4.90 Å². The van der Waals surface area contributed by atoms with Crippen LogP contribution < -0.4 is 0 Å². The first-order chi connectivity index (χ1) is 9.58. The fourth-order valence-electron chi connectivity index (χ4n) is 2.82. The Hall–Kier alpha value is -2.08. The molecular weight excluding hydrogens is 263 g/mol. The van der Waals surface area contributed by atoms with Crippen LogP contribution in [0, 0.1) is 5.82 Å². The SMILES string of the molecule is CC1OCCN(C(=O)O)C1c1c[nH]c2cc(F)ccc12. The molecule has 0 spiro atoms. The van der Waals surface area contributed by atoms with Crippen LogP contribution in [-0.2, 0) is 4.74 Å². The lowest BCUT2D eigenvalue weighted by atomic mass is 9.99. The number of aromatic nitrogens is 1. The van der Waals surface area contributed by atoms with E-state index in [0.29, 0.717) is 18.7 Å². The Morgan fingerprint density at radius 1 is 1.55 bits per heavy atom. The van der Waals surface area contributed by atoms with Gasteiger partial charge >= 0.3 is 6.09 Å². The van der Waals surface area contributed by atoms with E-state index in [4.69, 9.17) is 4.74 Å². The predicted octanol–water partition coefficient (Wildman–Crippen LogP) is 2.75. The highest BCUT2D eigenvalue weighted by atomic mass is 19.1. The average Bonchev–Trinajstić information content (AvgIpc) is 2.81. The number of nitrogens with one attached hydrogen (secondary N) is 1. The number of morpholine rings is 1. The van der Waals surface area contributed by atoms with Crippen molar-refractivity contribution in [1.29, 1.82) is 0 Å². The Morgan fingerprint density at radius 3 is 3.10 bits per heavy atom. The first-order valence-corrected chi connectivity index (χ1v) is 6.45. The van der Waals surface area contributed by atoms with E-state index in [9.17, 15) is 14.3 Å². The highest BCUT2D eigenvalue weighted by Gasteiger charge is 2.35. The number of aromatic amines is 1. The molecule has 2 aromatic rings. The van der Waals surface area contributed by atoms with Crippen molar-refractivity contribution in [1.82, 2.24) is 9.88 Å². The van der Waals surface area contributed by atoms with E-state index < -0.39 is 6.09 Å². The van der Waals surface area contributed by atoms with Crippen LogP contribution in [-0.4, -0.2) is 40.3 Å². The van der Waals surface area contributed by atoms with Crippen LogP contribution in [0.3, 0.4) is 0 Å². The van der Waals surface area contributed by atoms with Gasteiger partial charge < -0.3 is 14.8 Å². The normalized spacial score (nSPS) is 23.2. The Morgan fingerprint density at radius 2 is 2.35 bits per heavy atom. The van der Waals surface area contributed by atoms with Gasteiger partial charge in [0.05, 0.1) is 18.8 Å². The Balaban J connectivity index is 2.09. The van der Waals surface area contributed by atoms with Crippen LogP contribution in [0.1, 0.15) is 18.5 Å². The van der Waals surface area contributed by atoms with Gasteiger partial charge in [0.1, 0.15) is 5.82 Å². The molecule has 1 aliphatic rings. The van der Waals surface area contributed by atoms with Gasteiger partial charge in [-0.25, -0.2) is 9.18 Å². The fraction of sp³-hybridized carbons (Fsp3) is 0.357.